The van der Waals surface area contributed by atoms with Gasteiger partial charge in [0.25, 0.3) is 0 Å². The third-order valence-corrected chi connectivity index (χ3v) is 5.20. The standard InChI is InChI=1S/C18H28N4O3.C2HF3O2/c1-3-24-7-6-22-5-4-14-8-16(25-17(14)12-22)18(23)21-11-15-10-19-13(2)9-20-15;3-2(4,5)1(6)7/h9-10,14,16-17H,3-8,11-12H2,1-2H3,(H,21,23);(H,6,7)/t14-,16-,17+;/m0./s1. The average molecular weight is 462 g/mol. The molecule has 9 nitrogen and oxygen atoms in total. The number of piperidine rings is 1. The van der Waals surface area contributed by atoms with E-state index in [-0.39, 0.29) is 18.1 Å². The fourth-order valence-corrected chi connectivity index (χ4v) is 3.51. The van der Waals surface area contributed by atoms with Gasteiger partial charge in [0.15, 0.2) is 0 Å². The van der Waals surface area contributed by atoms with Crippen LogP contribution in [0.2, 0.25) is 0 Å². The zero-order valence-corrected chi connectivity index (χ0v) is 18.1. The molecule has 3 heterocycles. The van der Waals surface area contributed by atoms with Gasteiger partial charge in [-0.05, 0) is 39.2 Å². The summed E-state index contributed by atoms with van der Waals surface area (Å²) in [5.74, 6) is -2.32. The van der Waals surface area contributed by atoms with Gasteiger partial charge in [0.05, 0.1) is 36.8 Å². The van der Waals surface area contributed by atoms with E-state index < -0.39 is 12.1 Å². The van der Waals surface area contributed by atoms with Crippen LogP contribution in [0.15, 0.2) is 12.4 Å². The number of nitrogens with zero attached hydrogens (tertiary/aromatic N) is 3. The minimum absolute atomic E-state index is 0.0439. The van der Waals surface area contributed by atoms with E-state index in [9.17, 15) is 18.0 Å². The van der Waals surface area contributed by atoms with Gasteiger partial charge in [-0.3, -0.25) is 19.7 Å². The third kappa shape index (κ3) is 8.32. The number of nitrogens with one attached hydrogen (secondary N) is 1. The lowest BCUT2D eigenvalue weighted by Crippen LogP contribution is -2.43. The number of carboxylic acid groups (broad SMARTS) is 1. The van der Waals surface area contributed by atoms with Crippen LogP contribution >= 0.6 is 0 Å². The number of aliphatic carboxylic acids is 1. The van der Waals surface area contributed by atoms with Crippen LogP contribution < -0.4 is 5.32 Å². The Morgan fingerprint density at radius 3 is 2.66 bits per heavy atom. The van der Waals surface area contributed by atoms with Crippen LogP contribution in [-0.2, 0) is 25.6 Å². The second-order valence-corrected chi connectivity index (χ2v) is 7.61. The molecular weight excluding hydrogens is 433 g/mol. The number of carbonyl (C=O) groups excluding carboxylic acids is 1. The van der Waals surface area contributed by atoms with E-state index >= 15 is 0 Å². The van der Waals surface area contributed by atoms with Crippen LogP contribution in [0.25, 0.3) is 0 Å². The number of ether oxygens (including phenoxy) is 2. The Hall–Kier alpha value is -2.31. The first-order chi connectivity index (χ1) is 15.1. The highest BCUT2D eigenvalue weighted by molar-refractivity contribution is 5.81. The Morgan fingerprint density at radius 1 is 1.34 bits per heavy atom. The van der Waals surface area contributed by atoms with Crippen LogP contribution in [0.4, 0.5) is 13.2 Å². The zero-order valence-electron chi connectivity index (χ0n) is 18.1. The zero-order chi connectivity index (χ0) is 23.7. The summed E-state index contributed by atoms with van der Waals surface area (Å²) in [6.07, 6.45) is 0.0324. The number of carboxylic acids is 1. The lowest BCUT2D eigenvalue weighted by molar-refractivity contribution is -0.192. The number of alkyl halides is 3. The molecule has 0 aliphatic carbocycles. The molecule has 0 saturated carbocycles. The monoisotopic (exact) mass is 462 g/mol. The van der Waals surface area contributed by atoms with E-state index in [4.69, 9.17) is 19.4 Å². The Kier molecular flexibility index (Phi) is 9.79. The molecule has 2 aliphatic heterocycles. The van der Waals surface area contributed by atoms with E-state index in [0.29, 0.717) is 12.5 Å². The number of aryl methyl sites for hydroxylation is 1. The highest BCUT2D eigenvalue weighted by Gasteiger charge is 2.41. The number of fused-ring (bicyclic) bond motifs is 1. The fourth-order valence-electron chi connectivity index (χ4n) is 3.51. The third-order valence-electron chi connectivity index (χ3n) is 5.20. The molecule has 0 unspecified atom stereocenters. The fraction of sp³-hybridized carbons (Fsp3) is 0.700. The summed E-state index contributed by atoms with van der Waals surface area (Å²) in [6, 6.07) is 0. The lowest BCUT2D eigenvalue weighted by Gasteiger charge is -2.33. The summed E-state index contributed by atoms with van der Waals surface area (Å²) in [7, 11) is 0. The largest absolute Gasteiger partial charge is 0.490 e. The molecule has 12 heteroatoms. The minimum atomic E-state index is -5.08. The molecule has 1 aromatic rings. The van der Waals surface area contributed by atoms with Gasteiger partial charge in [0, 0.05) is 25.9 Å². The lowest BCUT2D eigenvalue weighted by atomic mass is 9.91. The van der Waals surface area contributed by atoms with Gasteiger partial charge in [-0.2, -0.15) is 13.2 Å². The van der Waals surface area contributed by atoms with Gasteiger partial charge in [0.2, 0.25) is 5.91 Å². The highest BCUT2D eigenvalue weighted by Crippen LogP contribution is 2.33. The second kappa shape index (κ2) is 12.1. The molecule has 0 spiro atoms. The van der Waals surface area contributed by atoms with Crippen molar-refractivity contribution in [3.05, 3.63) is 23.8 Å². The molecule has 180 valence electrons. The number of halogens is 3. The number of hydrogen-bond donors (Lipinski definition) is 2. The summed E-state index contributed by atoms with van der Waals surface area (Å²) in [5.41, 5.74) is 1.63. The molecule has 2 saturated heterocycles. The van der Waals surface area contributed by atoms with E-state index in [1.54, 1.807) is 12.4 Å². The number of likely N-dealkylation sites (tertiary alicyclic amines) is 1. The first-order valence-corrected chi connectivity index (χ1v) is 10.4. The number of aromatic nitrogens is 2. The first kappa shape index (κ1) is 25.9. The molecule has 32 heavy (non-hydrogen) atoms. The Labute approximate surface area is 184 Å². The van der Waals surface area contributed by atoms with Crippen molar-refractivity contribution in [2.75, 3.05) is 32.8 Å². The molecule has 3 atom stereocenters. The Morgan fingerprint density at radius 2 is 2.06 bits per heavy atom. The molecule has 1 amide bonds. The van der Waals surface area contributed by atoms with E-state index in [1.165, 1.54) is 0 Å². The molecule has 0 bridgehead atoms. The number of hydrogen-bond acceptors (Lipinski definition) is 7. The molecule has 0 radical (unpaired) electrons. The highest BCUT2D eigenvalue weighted by atomic mass is 19.4. The van der Waals surface area contributed by atoms with E-state index in [2.05, 4.69) is 20.2 Å². The van der Waals surface area contributed by atoms with Crippen LogP contribution in [0.1, 0.15) is 31.2 Å². The summed E-state index contributed by atoms with van der Waals surface area (Å²) in [4.78, 5) is 32.1. The maximum absolute atomic E-state index is 12.4. The van der Waals surface area contributed by atoms with Crippen molar-refractivity contribution >= 4 is 11.9 Å². The summed E-state index contributed by atoms with van der Waals surface area (Å²) >= 11 is 0. The SMILES string of the molecule is CCOCCN1CC[C@H]2C[C@@H](C(=O)NCc3cnc(C)cn3)O[C@@H]2C1.O=C(O)C(F)(F)F. The Bertz CT molecular complexity index is 748. The van der Waals surface area contributed by atoms with Crippen molar-refractivity contribution in [1.82, 2.24) is 20.2 Å². The predicted molar refractivity (Wildman–Crippen MR) is 107 cm³/mol. The predicted octanol–water partition coefficient (Wildman–Crippen LogP) is 1.55. The molecule has 1 aromatic heterocycles. The maximum Gasteiger partial charge on any atom is 0.490 e. The van der Waals surface area contributed by atoms with E-state index in [1.807, 2.05) is 13.8 Å². The molecule has 2 fully saturated rings. The second-order valence-electron chi connectivity index (χ2n) is 7.61. The summed E-state index contributed by atoms with van der Waals surface area (Å²) in [6.45, 7) is 8.69. The van der Waals surface area contributed by atoms with Crippen molar-refractivity contribution in [2.24, 2.45) is 5.92 Å². The average Bonchev–Trinajstić information content (AvgIpc) is 3.17. The van der Waals surface area contributed by atoms with Crippen molar-refractivity contribution in [2.45, 2.75) is 51.6 Å². The minimum Gasteiger partial charge on any atom is -0.475 e. The van der Waals surface area contributed by atoms with Gasteiger partial charge in [-0.15, -0.1) is 0 Å². The maximum atomic E-state index is 12.4. The summed E-state index contributed by atoms with van der Waals surface area (Å²) in [5, 5.41) is 10.0. The van der Waals surface area contributed by atoms with Crippen molar-refractivity contribution in [3.63, 3.8) is 0 Å². The smallest absolute Gasteiger partial charge is 0.475 e. The van der Waals surface area contributed by atoms with Gasteiger partial charge >= 0.3 is 12.1 Å². The number of amides is 1. The van der Waals surface area contributed by atoms with Gasteiger partial charge in [0.1, 0.15) is 6.10 Å². The summed E-state index contributed by atoms with van der Waals surface area (Å²) < 4.78 is 43.2. The Balaban J connectivity index is 0.000000451. The molecule has 3 rings (SSSR count). The van der Waals surface area contributed by atoms with Crippen molar-refractivity contribution < 1.29 is 37.3 Å². The molecule has 2 aliphatic rings. The van der Waals surface area contributed by atoms with Crippen molar-refractivity contribution in [1.29, 1.82) is 0 Å². The van der Waals surface area contributed by atoms with Crippen molar-refractivity contribution in [3.8, 4) is 0 Å². The number of rotatable bonds is 7. The van der Waals surface area contributed by atoms with Crippen LogP contribution in [0, 0.1) is 12.8 Å². The van der Waals surface area contributed by atoms with Gasteiger partial charge < -0.3 is 19.9 Å². The quantitative estimate of drug-likeness (QED) is 0.587. The van der Waals surface area contributed by atoms with Gasteiger partial charge in [-0.25, -0.2) is 4.79 Å². The van der Waals surface area contributed by atoms with Crippen LogP contribution in [-0.4, -0.2) is 83.1 Å². The first-order valence-electron chi connectivity index (χ1n) is 10.4. The normalized spacial score (nSPS) is 23.1. The van der Waals surface area contributed by atoms with Crippen LogP contribution in [0.5, 0.6) is 0 Å². The van der Waals surface area contributed by atoms with E-state index in [0.717, 1.165) is 57.1 Å². The topological polar surface area (TPSA) is 114 Å². The number of carbonyl (C=O) groups is 2. The molecular formula is C20H29F3N4O5. The molecule has 2 N–H and O–H groups in total. The van der Waals surface area contributed by atoms with Gasteiger partial charge in [-0.1, -0.05) is 0 Å². The van der Waals surface area contributed by atoms with Crippen LogP contribution in [0.3, 0.4) is 0 Å². The molecule has 0 aromatic carbocycles.